The Balaban J connectivity index is 1.33. The molecule has 1 amide bonds. The number of nitrogens with zero attached hydrogens (tertiary/aromatic N) is 5. The molecule has 5 rings (SSSR count). The second-order valence-corrected chi connectivity index (χ2v) is 10.8. The third-order valence-electron chi connectivity index (χ3n) is 6.58. The maximum Gasteiger partial charge on any atom is 0.298 e. The lowest BCUT2D eigenvalue weighted by molar-refractivity contribution is -0.137. The van der Waals surface area contributed by atoms with Crippen molar-refractivity contribution in [2.24, 2.45) is 5.92 Å². The average Bonchev–Trinajstić information content (AvgIpc) is 3.60. The second-order valence-electron chi connectivity index (χ2n) is 9.15. The Bertz CT molecular complexity index is 1420. The Morgan fingerprint density at radius 3 is 2.51 bits per heavy atom. The summed E-state index contributed by atoms with van der Waals surface area (Å²) in [6.07, 6.45) is 5.54. The minimum absolute atomic E-state index is 0.0890. The molecule has 3 aromatic rings. The van der Waals surface area contributed by atoms with E-state index in [2.05, 4.69) is 19.5 Å². The van der Waals surface area contributed by atoms with Gasteiger partial charge in [-0.2, -0.15) is 13.5 Å². The summed E-state index contributed by atoms with van der Waals surface area (Å²) in [5.41, 5.74) is -0.0842. The molecule has 12 nitrogen and oxygen atoms in total. The Labute approximate surface area is 201 Å². The first-order valence-electron chi connectivity index (χ1n) is 11.4. The van der Waals surface area contributed by atoms with E-state index in [0.29, 0.717) is 48.3 Å². The van der Waals surface area contributed by atoms with Crippen LogP contribution in [0.15, 0.2) is 41.6 Å². The van der Waals surface area contributed by atoms with E-state index in [4.69, 9.17) is 0 Å². The number of aliphatic hydroxyl groups is 1. The molecule has 35 heavy (non-hydrogen) atoms. The van der Waals surface area contributed by atoms with Gasteiger partial charge in [-0.05, 0) is 49.9 Å². The number of carbonyl (C=O) groups excluding carboxylic acids is 1. The van der Waals surface area contributed by atoms with Gasteiger partial charge in [-0.15, -0.1) is 0 Å². The van der Waals surface area contributed by atoms with Crippen LogP contribution in [0, 0.1) is 5.92 Å². The summed E-state index contributed by atoms with van der Waals surface area (Å²) in [5.74, 6) is 0.327. The molecule has 3 N–H and O–H groups in total. The van der Waals surface area contributed by atoms with Gasteiger partial charge in [0.2, 0.25) is 5.91 Å². The molecule has 13 heteroatoms. The highest BCUT2D eigenvalue weighted by atomic mass is 32.2. The van der Waals surface area contributed by atoms with Gasteiger partial charge in [0, 0.05) is 31.7 Å². The zero-order chi connectivity index (χ0) is 24.8. The fourth-order valence-corrected chi connectivity index (χ4v) is 4.88. The van der Waals surface area contributed by atoms with Crippen LogP contribution in [0.3, 0.4) is 0 Å². The number of carbonyl (C=O) groups is 1. The lowest BCUT2D eigenvalue weighted by Crippen LogP contribution is -2.50. The third kappa shape index (κ3) is 4.79. The molecule has 1 aliphatic carbocycles. The van der Waals surface area contributed by atoms with Gasteiger partial charge in [-0.3, -0.25) is 18.9 Å². The van der Waals surface area contributed by atoms with E-state index in [1.54, 1.807) is 24.3 Å². The Hall–Kier alpha value is -3.29. The molecule has 186 valence electrons. The van der Waals surface area contributed by atoms with Crippen molar-refractivity contribution in [1.82, 2.24) is 29.0 Å². The molecule has 0 unspecified atom stereocenters. The molecule has 1 saturated carbocycles. The number of benzene rings is 1. The normalized spacial score (nSPS) is 18.1. The fraction of sp³-hybridized carbons (Fsp3) is 0.455. The molecule has 2 fully saturated rings. The van der Waals surface area contributed by atoms with E-state index in [9.17, 15) is 23.1 Å². The van der Waals surface area contributed by atoms with E-state index in [0.717, 1.165) is 12.8 Å². The van der Waals surface area contributed by atoms with Crippen LogP contribution in [0.2, 0.25) is 0 Å². The SMILES string of the molecule is CNS(=O)(=O)Nc1ccc(-n2ncc3c(=O)n(CC4(O)CCN(C(=O)C5CC5)CC4)cnc32)cc1. The van der Waals surface area contributed by atoms with Crippen LogP contribution >= 0.6 is 0 Å². The zero-order valence-electron chi connectivity index (χ0n) is 19.2. The van der Waals surface area contributed by atoms with E-state index in [-0.39, 0.29) is 23.9 Å². The number of piperidine rings is 1. The molecule has 0 atom stereocenters. The number of hydrogen-bond donors (Lipinski definition) is 3. The molecule has 0 bridgehead atoms. The minimum Gasteiger partial charge on any atom is -0.388 e. The molecule has 1 aliphatic heterocycles. The van der Waals surface area contributed by atoms with Crippen molar-refractivity contribution >= 4 is 32.8 Å². The number of amides is 1. The van der Waals surface area contributed by atoms with Crippen LogP contribution in [0.1, 0.15) is 25.7 Å². The first-order valence-corrected chi connectivity index (χ1v) is 12.9. The number of fused-ring (bicyclic) bond motifs is 1. The van der Waals surface area contributed by atoms with Gasteiger partial charge in [-0.25, -0.2) is 14.4 Å². The van der Waals surface area contributed by atoms with Gasteiger partial charge >= 0.3 is 0 Å². The van der Waals surface area contributed by atoms with Gasteiger partial charge in [0.05, 0.1) is 24.0 Å². The Morgan fingerprint density at radius 1 is 1.20 bits per heavy atom. The highest BCUT2D eigenvalue weighted by Crippen LogP contribution is 2.33. The van der Waals surface area contributed by atoms with Crippen LogP contribution in [-0.2, 0) is 21.5 Å². The van der Waals surface area contributed by atoms with Gasteiger partial charge in [0.1, 0.15) is 11.7 Å². The van der Waals surface area contributed by atoms with Gasteiger partial charge in [0.15, 0.2) is 5.65 Å². The maximum absolute atomic E-state index is 13.1. The van der Waals surface area contributed by atoms with Gasteiger partial charge < -0.3 is 10.0 Å². The van der Waals surface area contributed by atoms with Crippen molar-refractivity contribution in [3.05, 3.63) is 47.1 Å². The summed E-state index contributed by atoms with van der Waals surface area (Å²) in [5, 5.41) is 15.7. The monoisotopic (exact) mass is 501 g/mol. The van der Waals surface area contributed by atoms with Crippen molar-refractivity contribution < 1.29 is 18.3 Å². The molecule has 3 heterocycles. The smallest absolute Gasteiger partial charge is 0.298 e. The second kappa shape index (κ2) is 8.73. The summed E-state index contributed by atoms with van der Waals surface area (Å²) < 4.78 is 30.7. The highest BCUT2D eigenvalue weighted by Gasteiger charge is 2.39. The van der Waals surface area contributed by atoms with E-state index < -0.39 is 15.8 Å². The predicted molar refractivity (Wildman–Crippen MR) is 128 cm³/mol. The summed E-state index contributed by atoms with van der Waals surface area (Å²) in [4.78, 5) is 31.6. The molecule has 0 spiro atoms. The molecular weight excluding hydrogens is 474 g/mol. The Kier molecular flexibility index (Phi) is 5.85. The van der Waals surface area contributed by atoms with E-state index in [1.807, 2.05) is 4.90 Å². The number of aromatic nitrogens is 4. The molecule has 2 aromatic heterocycles. The lowest BCUT2D eigenvalue weighted by atomic mass is 9.91. The Morgan fingerprint density at radius 2 is 1.89 bits per heavy atom. The molecule has 2 aliphatic rings. The summed E-state index contributed by atoms with van der Waals surface area (Å²) in [6.45, 7) is 1.05. The fourth-order valence-electron chi connectivity index (χ4n) is 4.33. The van der Waals surface area contributed by atoms with Crippen LogP contribution in [0.5, 0.6) is 0 Å². The number of nitrogens with one attached hydrogen (secondary N) is 2. The molecular formula is C22H27N7O5S. The summed E-state index contributed by atoms with van der Waals surface area (Å²) in [6, 6.07) is 6.48. The van der Waals surface area contributed by atoms with Gasteiger partial charge in [0.25, 0.3) is 15.8 Å². The third-order valence-corrected chi connectivity index (χ3v) is 7.63. The first-order chi connectivity index (χ1) is 16.7. The number of hydrogen-bond acceptors (Lipinski definition) is 7. The van der Waals surface area contributed by atoms with Crippen LogP contribution in [0.4, 0.5) is 5.69 Å². The lowest BCUT2D eigenvalue weighted by Gasteiger charge is -2.38. The van der Waals surface area contributed by atoms with Crippen molar-refractivity contribution in [3.63, 3.8) is 0 Å². The van der Waals surface area contributed by atoms with Crippen molar-refractivity contribution in [2.45, 2.75) is 37.8 Å². The van der Waals surface area contributed by atoms with Crippen LogP contribution in [-0.4, -0.2) is 69.4 Å². The van der Waals surface area contributed by atoms with E-state index in [1.165, 1.54) is 28.8 Å². The summed E-state index contributed by atoms with van der Waals surface area (Å²) in [7, 11) is -2.32. The number of rotatable bonds is 7. The maximum atomic E-state index is 13.1. The van der Waals surface area contributed by atoms with Crippen LogP contribution < -0.4 is 15.0 Å². The molecule has 0 radical (unpaired) electrons. The zero-order valence-corrected chi connectivity index (χ0v) is 20.0. The number of anilines is 1. The first kappa shape index (κ1) is 23.5. The molecule has 1 aromatic carbocycles. The van der Waals surface area contributed by atoms with E-state index >= 15 is 0 Å². The van der Waals surface area contributed by atoms with Crippen molar-refractivity contribution in [2.75, 3.05) is 24.9 Å². The average molecular weight is 502 g/mol. The quantitative estimate of drug-likeness (QED) is 0.419. The summed E-state index contributed by atoms with van der Waals surface area (Å²) >= 11 is 0. The predicted octanol–water partition coefficient (Wildman–Crippen LogP) is 0.222. The topological polar surface area (TPSA) is 151 Å². The molecule has 1 saturated heterocycles. The minimum atomic E-state index is -3.63. The standard InChI is InChI=1S/C22H27N7O5S/c1-23-35(33,34)26-16-4-6-17(7-5-16)29-19-18(12-25-29)21(31)28(14-24-19)13-22(32)8-10-27(11-9-22)20(30)15-2-3-15/h4-7,12,14-15,23,26,32H,2-3,8-11,13H2,1H3. The highest BCUT2D eigenvalue weighted by molar-refractivity contribution is 7.90. The van der Waals surface area contributed by atoms with Crippen LogP contribution in [0.25, 0.3) is 16.7 Å². The number of likely N-dealkylation sites (tertiary alicyclic amines) is 1. The van der Waals surface area contributed by atoms with Crippen molar-refractivity contribution in [1.29, 1.82) is 0 Å². The van der Waals surface area contributed by atoms with Crippen molar-refractivity contribution in [3.8, 4) is 5.69 Å². The van der Waals surface area contributed by atoms with Gasteiger partial charge in [-0.1, -0.05) is 0 Å². The largest absolute Gasteiger partial charge is 0.388 e.